The Morgan fingerprint density at radius 2 is 1.78 bits per heavy atom. The van der Waals surface area contributed by atoms with Gasteiger partial charge in [-0.3, -0.25) is 0 Å². The third-order valence-corrected chi connectivity index (χ3v) is 3.18. The van der Waals surface area contributed by atoms with E-state index in [4.69, 9.17) is 4.74 Å². The summed E-state index contributed by atoms with van der Waals surface area (Å²) in [6.07, 6.45) is 0.517. The number of hydrogen-bond donors (Lipinski definition) is 1. The van der Waals surface area contributed by atoms with Gasteiger partial charge in [-0.25, -0.2) is 8.78 Å². The van der Waals surface area contributed by atoms with E-state index >= 15 is 0 Å². The quantitative estimate of drug-likeness (QED) is 0.846. The lowest BCUT2D eigenvalue weighted by Crippen LogP contribution is -2.49. The molecule has 0 saturated heterocycles. The highest BCUT2D eigenvalue weighted by Crippen LogP contribution is 2.19. The maximum Gasteiger partial charge on any atom is 0.126 e. The summed E-state index contributed by atoms with van der Waals surface area (Å²) >= 11 is 0. The fourth-order valence-corrected chi connectivity index (χ4v) is 1.92. The molecule has 1 N–H and O–H groups in total. The smallest absolute Gasteiger partial charge is 0.126 e. The van der Waals surface area contributed by atoms with Gasteiger partial charge in [0.25, 0.3) is 0 Å². The van der Waals surface area contributed by atoms with Crippen molar-refractivity contribution in [2.75, 3.05) is 13.7 Å². The number of nitrogens with one attached hydrogen (secondary N) is 1. The van der Waals surface area contributed by atoms with Crippen molar-refractivity contribution in [1.82, 2.24) is 5.32 Å². The fraction of sp³-hybridized carbons (Fsp3) is 0.571. The van der Waals surface area contributed by atoms with Crippen LogP contribution in [0.5, 0.6) is 0 Å². The Morgan fingerprint density at radius 3 is 2.22 bits per heavy atom. The van der Waals surface area contributed by atoms with Crippen molar-refractivity contribution in [2.45, 2.75) is 38.8 Å². The number of halogens is 2. The van der Waals surface area contributed by atoms with E-state index in [1.54, 1.807) is 7.11 Å². The van der Waals surface area contributed by atoms with Crippen molar-refractivity contribution in [3.05, 3.63) is 35.4 Å². The number of ether oxygens (including phenoxy) is 1. The number of benzene rings is 1. The van der Waals surface area contributed by atoms with Gasteiger partial charge in [0.15, 0.2) is 0 Å². The van der Waals surface area contributed by atoms with E-state index in [2.05, 4.69) is 5.32 Å². The average Bonchev–Trinajstić information content (AvgIpc) is 2.27. The molecule has 1 unspecified atom stereocenters. The van der Waals surface area contributed by atoms with E-state index in [0.29, 0.717) is 12.0 Å². The molecule has 0 fully saturated rings. The van der Waals surface area contributed by atoms with Gasteiger partial charge >= 0.3 is 0 Å². The Hall–Kier alpha value is -1.00. The number of methoxy groups -OCH3 is 1. The molecule has 2 nitrogen and oxygen atoms in total. The largest absolute Gasteiger partial charge is 0.377 e. The second-order valence-electron chi connectivity index (χ2n) is 4.90. The highest BCUT2D eigenvalue weighted by molar-refractivity contribution is 5.19. The molecular formula is C14H21F2NO. The Balaban J connectivity index is 2.89. The third kappa shape index (κ3) is 4.03. The van der Waals surface area contributed by atoms with Crippen LogP contribution in [0.2, 0.25) is 0 Å². The van der Waals surface area contributed by atoms with Crippen LogP contribution in [-0.2, 0) is 11.2 Å². The van der Waals surface area contributed by atoms with E-state index in [0.717, 1.165) is 12.6 Å². The first-order valence-corrected chi connectivity index (χ1v) is 6.12. The van der Waals surface area contributed by atoms with E-state index in [1.165, 1.54) is 12.1 Å². The number of hydrogen-bond acceptors (Lipinski definition) is 2. The summed E-state index contributed by atoms with van der Waals surface area (Å²) in [5, 5.41) is 3.29. The molecule has 4 heteroatoms. The molecule has 1 rings (SSSR count). The SMILES string of the molecule is CCNC(Cc1cc(F)cc(F)c1)C(C)(C)OC. The van der Waals surface area contributed by atoms with Crippen molar-refractivity contribution in [3.63, 3.8) is 0 Å². The van der Waals surface area contributed by atoms with E-state index in [-0.39, 0.29) is 6.04 Å². The fourth-order valence-electron chi connectivity index (χ4n) is 1.92. The van der Waals surface area contributed by atoms with Crippen LogP contribution < -0.4 is 5.32 Å². The van der Waals surface area contributed by atoms with E-state index in [9.17, 15) is 8.78 Å². The van der Waals surface area contributed by atoms with Crippen LogP contribution in [0.3, 0.4) is 0 Å². The third-order valence-electron chi connectivity index (χ3n) is 3.18. The molecule has 18 heavy (non-hydrogen) atoms. The molecule has 0 saturated carbocycles. The van der Waals surface area contributed by atoms with Gasteiger partial charge < -0.3 is 10.1 Å². The van der Waals surface area contributed by atoms with Crippen molar-refractivity contribution in [1.29, 1.82) is 0 Å². The van der Waals surface area contributed by atoms with Gasteiger partial charge in [-0.05, 0) is 44.5 Å². The van der Waals surface area contributed by atoms with Crippen molar-refractivity contribution < 1.29 is 13.5 Å². The predicted molar refractivity (Wildman–Crippen MR) is 68.6 cm³/mol. The van der Waals surface area contributed by atoms with Crippen LogP contribution in [0.1, 0.15) is 26.3 Å². The van der Waals surface area contributed by atoms with Gasteiger partial charge in [0, 0.05) is 19.2 Å². The van der Waals surface area contributed by atoms with Crippen molar-refractivity contribution in [3.8, 4) is 0 Å². The zero-order valence-corrected chi connectivity index (χ0v) is 11.4. The zero-order chi connectivity index (χ0) is 13.8. The van der Waals surface area contributed by atoms with Crippen molar-refractivity contribution in [2.24, 2.45) is 0 Å². The van der Waals surface area contributed by atoms with E-state index < -0.39 is 17.2 Å². The topological polar surface area (TPSA) is 21.3 Å². The minimum atomic E-state index is -0.546. The van der Waals surface area contributed by atoms with Crippen LogP contribution in [-0.4, -0.2) is 25.3 Å². The normalized spacial score (nSPS) is 13.7. The molecule has 0 spiro atoms. The molecule has 0 heterocycles. The summed E-state index contributed by atoms with van der Waals surface area (Å²) in [6, 6.07) is 3.60. The Labute approximate surface area is 107 Å². The van der Waals surface area contributed by atoms with E-state index in [1.807, 2.05) is 20.8 Å². The first kappa shape index (κ1) is 15.1. The molecule has 0 aliphatic rings. The lowest BCUT2D eigenvalue weighted by Gasteiger charge is -2.34. The monoisotopic (exact) mass is 257 g/mol. The summed E-state index contributed by atoms with van der Waals surface area (Å²) in [4.78, 5) is 0. The Bertz CT molecular complexity index is 373. The molecular weight excluding hydrogens is 236 g/mol. The van der Waals surface area contributed by atoms with Gasteiger partial charge in [0.05, 0.1) is 5.60 Å². The summed E-state index contributed by atoms with van der Waals surface area (Å²) in [5.41, 5.74) is 0.224. The molecule has 0 aromatic heterocycles. The lowest BCUT2D eigenvalue weighted by atomic mass is 9.92. The summed E-state index contributed by atoms with van der Waals surface area (Å²) < 4.78 is 31.7. The van der Waals surface area contributed by atoms with Gasteiger partial charge in [0.1, 0.15) is 11.6 Å². The summed E-state index contributed by atoms with van der Waals surface area (Å²) in [7, 11) is 1.64. The molecule has 0 radical (unpaired) electrons. The molecule has 1 atom stereocenters. The first-order valence-electron chi connectivity index (χ1n) is 6.12. The second kappa shape index (κ2) is 6.25. The van der Waals surface area contributed by atoms with Gasteiger partial charge in [0.2, 0.25) is 0 Å². The molecule has 1 aromatic carbocycles. The minimum Gasteiger partial charge on any atom is -0.377 e. The maximum atomic E-state index is 13.2. The molecule has 0 aliphatic heterocycles. The lowest BCUT2D eigenvalue weighted by molar-refractivity contribution is -0.00963. The van der Waals surface area contributed by atoms with Gasteiger partial charge in [-0.2, -0.15) is 0 Å². The number of likely N-dealkylation sites (N-methyl/N-ethyl adjacent to an activating group) is 1. The predicted octanol–water partition coefficient (Wildman–Crippen LogP) is 2.91. The minimum absolute atomic E-state index is 0.00583. The number of rotatable bonds is 6. The van der Waals surface area contributed by atoms with Gasteiger partial charge in [-0.1, -0.05) is 6.92 Å². The highest BCUT2D eigenvalue weighted by Gasteiger charge is 2.28. The Morgan fingerprint density at radius 1 is 1.22 bits per heavy atom. The molecule has 102 valence electrons. The van der Waals surface area contributed by atoms with Crippen LogP contribution in [0.25, 0.3) is 0 Å². The molecule has 0 amide bonds. The maximum absolute atomic E-state index is 13.2. The standard InChI is InChI=1S/C14H21F2NO/c1-5-17-13(14(2,3)18-4)8-10-6-11(15)9-12(16)7-10/h6-7,9,13,17H,5,8H2,1-4H3. The summed E-state index contributed by atoms with van der Waals surface area (Å²) in [5.74, 6) is -1.09. The highest BCUT2D eigenvalue weighted by atomic mass is 19.1. The van der Waals surface area contributed by atoms with Crippen LogP contribution >= 0.6 is 0 Å². The van der Waals surface area contributed by atoms with Crippen LogP contribution in [0, 0.1) is 11.6 Å². The second-order valence-corrected chi connectivity index (χ2v) is 4.90. The zero-order valence-electron chi connectivity index (χ0n) is 11.4. The van der Waals surface area contributed by atoms with Crippen LogP contribution in [0.15, 0.2) is 18.2 Å². The van der Waals surface area contributed by atoms with Crippen molar-refractivity contribution >= 4 is 0 Å². The molecule has 0 bridgehead atoms. The average molecular weight is 257 g/mol. The van der Waals surface area contributed by atoms with Crippen LogP contribution in [0.4, 0.5) is 8.78 Å². The van der Waals surface area contributed by atoms with Gasteiger partial charge in [-0.15, -0.1) is 0 Å². The molecule has 1 aromatic rings. The Kier molecular flexibility index (Phi) is 5.23. The summed E-state index contributed by atoms with van der Waals surface area (Å²) in [6.45, 7) is 6.67. The first-order chi connectivity index (χ1) is 8.39. The molecule has 0 aliphatic carbocycles.